The highest BCUT2D eigenvalue weighted by Gasteiger charge is 2.18. The van der Waals surface area contributed by atoms with Crippen LogP contribution in [0, 0.1) is 18.3 Å². The van der Waals surface area contributed by atoms with Gasteiger partial charge in [0.05, 0.1) is 23.7 Å². The lowest BCUT2D eigenvalue weighted by atomic mass is 10.1. The van der Waals surface area contributed by atoms with E-state index in [9.17, 15) is 15.2 Å². The zero-order valence-electron chi connectivity index (χ0n) is 15.8. The molecule has 0 amide bonds. The second-order valence-electron chi connectivity index (χ2n) is 6.18. The van der Waals surface area contributed by atoms with Crippen molar-refractivity contribution in [2.75, 3.05) is 13.7 Å². The average Bonchev–Trinajstić information content (AvgIpc) is 3.03. The van der Waals surface area contributed by atoms with Gasteiger partial charge in [-0.05, 0) is 36.8 Å². The number of carbonyl (C=O) groups excluding carboxylic acids is 1. The molecule has 0 atom stereocenters. The van der Waals surface area contributed by atoms with Gasteiger partial charge in [-0.1, -0.05) is 18.2 Å². The Morgan fingerprint density at radius 3 is 2.71 bits per heavy atom. The van der Waals surface area contributed by atoms with Crippen molar-refractivity contribution in [3.8, 4) is 11.8 Å². The minimum absolute atomic E-state index is 0.0482. The van der Waals surface area contributed by atoms with Gasteiger partial charge in [-0.15, -0.1) is 0 Å². The van der Waals surface area contributed by atoms with Crippen molar-refractivity contribution in [3.05, 3.63) is 65.2 Å². The molecule has 142 valence electrons. The fraction of sp³-hybridized carbons (Fsp3) is 0.190. The van der Waals surface area contributed by atoms with Gasteiger partial charge in [-0.3, -0.25) is 0 Å². The Morgan fingerprint density at radius 2 is 2.04 bits per heavy atom. The number of imidazole rings is 1. The van der Waals surface area contributed by atoms with Crippen LogP contribution < -0.4 is 4.74 Å². The predicted molar refractivity (Wildman–Crippen MR) is 104 cm³/mol. The number of aromatic nitrogens is 2. The lowest BCUT2D eigenvalue weighted by Gasteiger charge is -2.09. The Morgan fingerprint density at radius 1 is 1.29 bits per heavy atom. The van der Waals surface area contributed by atoms with E-state index in [2.05, 4.69) is 4.98 Å². The average molecular weight is 377 g/mol. The molecule has 0 radical (unpaired) electrons. The Kier molecular flexibility index (Phi) is 5.32. The van der Waals surface area contributed by atoms with Gasteiger partial charge in [-0.2, -0.15) is 5.26 Å². The number of carbonyl (C=O) groups is 1. The largest absolute Gasteiger partial charge is 0.507 e. The number of aliphatic hydroxyl groups is 1. The highest BCUT2D eigenvalue weighted by atomic mass is 16.5. The van der Waals surface area contributed by atoms with E-state index in [1.807, 2.05) is 37.3 Å². The molecular weight excluding hydrogens is 358 g/mol. The molecule has 28 heavy (non-hydrogen) atoms. The van der Waals surface area contributed by atoms with Crippen molar-refractivity contribution < 1.29 is 19.4 Å². The highest BCUT2D eigenvalue weighted by molar-refractivity contribution is 5.90. The molecule has 7 nitrogen and oxygen atoms in total. The normalized spacial score (nSPS) is 11.6. The lowest BCUT2D eigenvalue weighted by molar-refractivity contribution is 0.0502. The number of esters is 1. The van der Waals surface area contributed by atoms with Gasteiger partial charge < -0.3 is 19.1 Å². The van der Waals surface area contributed by atoms with Gasteiger partial charge in [0.1, 0.15) is 24.0 Å². The summed E-state index contributed by atoms with van der Waals surface area (Å²) in [5.41, 5.74) is 2.64. The van der Waals surface area contributed by atoms with E-state index in [1.54, 1.807) is 29.8 Å². The standard InChI is InChI=1S/C21H19N3O4/c1-13-8-9-14(10-19(13)27-3)21(26)28-12-18(25)15(11-22)20-23-16-6-4-5-7-17(16)24(20)2/h4-10,25H,12H2,1-3H3/b18-15-. The first-order valence-corrected chi connectivity index (χ1v) is 8.52. The van der Waals surface area contributed by atoms with Gasteiger partial charge in [0, 0.05) is 7.05 Å². The molecule has 3 aromatic rings. The fourth-order valence-electron chi connectivity index (χ4n) is 2.85. The van der Waals surface area contributed by atoms with E-state index < -0.39 is 12.6 Å². The summed E-state index contributed by atoms with van der Waals surface area (Å²) in [5, 5.41) is 19.9. The van der Waals surface area contributed by atoms with Crippen LogP contribution in [-0.2, 0) is 11.8 Å². The number of para-hydroxylation sites is 2. The number of hydrogen-bond donors (Lipinski definition) is 1. The van der Waals surface area contributed by atoms with Crippen LogP contribution in [0.3, 0.4) is 0 Å². The number of aliphatic hydroxyl groups excluding tert-OH is 1. The minimum atomic E-state index is -0.632. The fourth-order valence-corrected chi connectivity index (χ4v) is 2.85. The number of aryl methyl sites for hydroxylation is 2. The zero-order valence-corrected chi connectivity index (χ0v) is 15.8. The lowest BCUT2D eigenvalue weighted by Crippen LogP contribution is -2.10. The molecule has 0 aliphatic heterocycles. The molecule has 0 saturated heterocycles. The van der Waals surface area contributed by atoms with Crippen molar-refractivity contribution in [3.63, 3.8) is 0 Å². The smallest absolute Gasteiger partial charge is 0.338 e. The minimum Gasteiger partial charge on any atom is -0.507 e. The molecule has 0 aliphatic rings. The molecule has 0 bridgehead atoms. The quantitative estimate of drug-likeness (QED) is 0.415. The Labute approximate surface area is 162 Å². The summed E-state index contributed by atoms with van der Waals surface area (Å²) in [6.45, 7) is 1.42. The summed E-state index contributed by atoms with van der Waals surface area (Å²) in [6, 6.07) is 14.2. The van der Waals surface area contributed by atoms with Gasteiger partial charge in [0.15, 0.2) is 11.6 Å². The van der Waals surface area contributed by atoms with Crippen LogP contribution in [0.5, 0.6) is 5.75 Å². The van der Waals surface area contributed by atoms with Crippen LogP contribution in [-0.4, -0.2) is 34.3 Å². The van der Waals surface area contributed by atoms with E-state index >= 15 is 0 Å². The molecule has 0 saturated carbocycles. The summed E-state index contributed by atoms with van der Waals surface area (Å²) in [4.78, 5) is 16.7. The Balaban J connectivity index is 1.84. The first kappa shape index (κ1) is 19.0. The van der Waals surface area contributed by atoms with Crippen molar-refractivity contribution in [1.29, 1.82) is 5.26 Å². The topological polar surface area (TPSA) is 97.4 Å². The third kappa shape index (κ3) is 3.53. The monoisotopic (exact) mass is 377 g/mol. The third-order valence-electron chi connectivity index (χ3n) is 4.39. The van der Waals surface area contributed by atoms with Crippen LogP contribution in [0.2, 0.25) is 0 Å². The number of benzene rings is 2. The molecule has 1 heterocycles. The molecule has 1 aromatic heterocycles. The molecular formula is C21H19N3O4. The van der Waals surface area contributed by atoms with Crippen molar-refractivity contribution >= 4 is 22.6 Å². The zero-order chi connectivity index (χ0) is 20.3. The van der Waals surface area contributed by atoms with E-state index in [0.29, 0.717) is 17.1 Å². The van der Waals surface area contributed by atoms with Crippen LogP contribution in [0.25, 0.3) is 16.6 Å². The SMILES string of the molecule is COc1cc(C(=O)OC/C(O)=C(\C#N)c2nc3ccccc3n2C)ccc1C. The Bertz CT molecular complexity index is 1120. The summed E-state index contributed by atoms with van der Waals surface area (Å²) < 4.78 is 12.1. The molecule has 0 spiro atoms. The van der Waals surface area contributed by atoms with Gasteiger partial charge >= 0.3 is 5.97 Å². The second kappa shape index (κ2) is 7.84. The molecule has 0 unspecified atom stereocenters. The molecule has 0 aliphatic carbocycles. The molecule has 2 aromatic carbocycles. The van der Waals surface area contributed by atoms with Gasteiger partial charge in [0.25, 0.3) is 0 Å². The third-order valence-corrected chi connectivity index (χ3v) is 4.39. The van der Waals surface area contributed by atoms with Crippen molar-refractivity contribution in [2.45, 2.75) is 6.92 Å². The van der Waals surface area contributed by atoms with Gasteiger partial charge in [0.2, 0.25) is 0 Å². The van der Waals surface area contributed by atoms with Crippen LogP contribution in [0.1, 0.15) is 21.7 Å². The second-order valence-corrected chi connectivity index (χ2v) is 6.18. The highest BCUT2D eigenvalue weighted by Crippen LogP contribution is 2.23. The maximum atomic E-state index is 12.3. The number of methoxy groups -OCH3 is 1. The van der Waals surface area contributed by atoms with Crippen molar-refractivity contribution in [2.24, 2.45) is 7.05 Å². The van der Waals surface area contributed by atoms with Crippen LogP contribution >= 0.6 is 0 Å². The molecule has 1 N–H and O–H groups in total. The maximum Gasteiger partial charge on any atom is 0.338 e. The van der Waals surface area contributed by atoms with E-state index in [0.717, 1.165) is 11.1 Å². The molecule has 0 fully saturated rings. The molecule has 7 heteroatoms. The van der Waals surface area contributed by atoms with Crippen molar-refractivity contribution in [1.82, 2.24) is 9.55 Å². The predicted octanol–water partition coefficient (Wildman–Crippen LogP) is 3.54. The van der Waals surface area contributed by atoms with Crippen LogP contribution in [0.15, 0.2) is 48.2 Å². The first-order chi connectivity index (χ1) is 13.5. The summed E-state index contributed by atoms with van der Waals surface area (Å²) in [6.07, 6.45) is 0. The first-order valence-electron chi connectivity index (χ1n) is 8.52. The number of ether oxygens (including phenoxy) is 2. The maximum absolute atomic E-state index is 12.3. The number of nitriles is 1. The Hall–Kier alpha value is -3.79. The summed E-state index contributed by atoms with van der Waals surface area (Å²) in [5.74, 6) is -0.138. The van der Waals surface area contributed by atoms with E-state index in [-0.39, 0.29) is 16.9 Å². The number of allylic oxidation sites excluding steroid dienone is 1. The summed E-state index contributed by atoms with van der Waals surface area (Å²) >= 11 is 0. The van der Waals surface area contributed by atoms with E-state index in [1.165, 1.54) is 7.11 Å². The number of nitrogens with zero attached hydrogens (tertiary/aromatic N) is 3. The molecule has 3 rings (SSSR count). The number of rotatable bonds is 5. The van der Waals surface area contributed by atoms with Crippen LogP contribution in [0.4, 0.5) is 0 Å². The number of hydrogen-bond acceptors (Lipinski definition) is 6. The van der Waals surface area contributed by atoms with Gasteiger partial charge in [-0.25, -0.2) is 9.78 Å². The summed E-state index contributed by atoms with van der Waals surface area (Å²) in [7, 11) is 3.27. The van der Waals surface area contributed by atoms with E-state index in [4.69, 9.17) is 9.47 Å². The number of fused-ring (bicyclic) bond motifs is 1.